The van der Waals surface area contributed by atoms with Crippen LogP contribution in [-0.4, -0.2) is 25.3 Å². The SMILES string of the molecule is Nc1ccc(S(N)(=O)=O)c(S(N)(=O)=O)c1S(N)(=O)=O. The summed E-state index contributed by atoms with van der Waals surface area (Å²) in [7, 11) is -13.9. The molecule has 0 amide bonds. The van der Waals surface area contributed by atoms with Crippen molar-refractivity contribution in [1.82, 2.24) is 0 Å². The van der Waals surface area contributed by atoms with Crippen molar-refractivity contribution in [3.8, 4) is 0 Å². The lowest BCUT2D eigenvalue weighted by Crippen LogP contribution is -2.26. The smallest absolute Gasteiger partial charge is 0.241 e. The van der Waals surface area contributed by atoms with Gasteiger partial charge in [-0.2, -0.15) is 0 Å². The van der Waals surface area contributed by atoms with Gasteiger partial charge in [0.25, 0.3) is 0 Å². The molecule has 0 heterocycles. The summed E-state index contributed by atoms with van der Waals surface area (Å²) in [5.74, 6) is 0. The van der Waals surface area contributed by atoms with Gasteiger partial charge in [0.2, 0.25) is 30.1 Å². The Morgan fingerprint density at radius 3 is 1.42 bits per heavy atom. The molecule has 0 aromatic heterocycles. The minimum absolute atomic E-state index is 0.570. The largest absolute Gasteiger partial charge is 0.398 e. The number of hydrogen-bond donors (Lipinski definition) is 4. The van der Waals surface area contributed by atoms with Crippen LogP contribution in [-0.2, 0) is 30.1 Å². The molecular formula is C6H10N4O6S3. The Bertz CT molecular complexity index is 839. The maximum absolute atomic E-state index is 11.4. The first kappa shape index (κ1) is 15.8. The number of rotatable bonds is 3. The van der Waals surface area contributed by atoms with Gasteiger partial charge in [0.1, 0.15) is 14.7 Å². The first-order valence-corrected chi connectivity index (χ1v) is 8.91. The van der Waals surface area contributed by atoms with Gasteiger partial charge in [0, 0.05) is 0 Å². The van der Waals surface area contributed by atoms with E-state index in [9.17, 15) is 25.3 Å². The molecule has 1 rings (SSSR count). The quantitative estimate of drug-likeness (QED) is 0.428. The highest BCUT2D eigenvalue weighted by atomic mass is 32.2. The lowest BCUT2D eigenvalue weighted by atomic mass is 10.3. The average molecular weight is 330 g/mol. The second kappa shape index (κ2) is 4.39. The van der Waals surface area contributed by atoms with Crippen molar-refractivity contribution in [2.75, 3.05) is 5.73 Å². The summed E-state index contributed by atoms with van der Waals surface area (Å²) in [6, 6.07) is 1.56. The minimum atomic E-state index is -4.75. The molecule has 10 nitrogen and oxygen atoms in total. The number of benzene rings is 1. The fraction of sp³-hybridized carbons (Fsp3) is 0. The molecule has 1 aromatic carbocycles. The van der Waals surface area contributed by atoms with E-state index in [1.54, 1.807) is 0 Å². The third kappa shape index (κ3) is 3.20. The molecule has 13 heteroatoms. The highest BCUT2D eigenvalue weighted by Gasteiger charge is 2.31. The van der Waals surface area contributed by atoms with Crippen molar-refractivity contribution in [1.29, 1.82) is 0 Å². The molecule has 108 valence electrons. The summed E-state index contributed by atoms with van der Waals surface area (Å²) >= 11 is 0. The third-order valence-corrected chi connectivity index (χ3v) is 5.20. The Labute approximate surface area is 109 Å². The number of primary sulfonamides is 3. The molecule has 0 saturated heterocycles. The van der Waals surface area contributed by atoms with E-state index in [1.165, 1.54) is 0 Å². The molecule has 8 N–H and O–H groups in total. The van der Waals surface area contributed by atoms with E-state index in [4.69, 9.17) is 21.2 Å². The lowest BCUT2D eigenvalue weighted by molar-refractivity contribution is 0.575. The van der Waals surface area contributed by atoms with Crippen LogP contribution in [0.1, 0.15) is 0 Å². The van der Waals surface area contributed by atoms with Gasteiger partial charge in [-0.15, -0.1) is 0 Å². The maximum atomic E-state index is 11.4. The highest BCUT2D eigenvalue weighted by molar-refractivity contribution is 7.94. The van der Waals surface area contributed by atoms with Gasteiger partial charge in [-0.05, 0) is 12.1 Å². The van der Waals surface area contributed by atoms with Gasteiger partial charge in [-0.1, -0.05) is 0 Å². The Balaban J connectivity index is 4.18. The fourth-order valence-electron chi connectivity index (χ4n) is 1.35. The summed E-state index contributed by atoms with van der Waals surface area (Å²) in [5.41, 5.74) is 4.73. The van der Waals surface area contributed by atoms with Crippen molar-refractivity contribution in [2.45, 2.75) is 14.7 Å². The van der Waals surface area contributed by atoms with Crippen LogP contribution >= 0.6 is 0 Å². The van der Waals surface area contributed by atoms with Gasteiger partial charge in [-0.3, -0.25) is 0 Å². The van der Waals surface area contributed by atoms with Crippen molar-refractivity contribution in [3.05, 3.63) is 12.1 Å². The normalized spacial score (nSPS) is 13.4. The van der Waals surface area contributed by atoms with Crippen LogP contribution in [0.3, 0.4) is 0 Å². The van der Waals surface area contributed by atoms with E-state index < -0.39 is 50.4 Å². The number of nitrogens with two attached hydrogens (primary N) is 4. The van der Waals surface area contributed by atoms with Gasteiger partial charge in [0.15, 0.2) is 0 Å². The molecule has 0 aliphatic rings. The predicted octanol–water partition coefficient (Wildman–Crippen LogP) is -2.79. The molecule has 0 saturated carbocycles. The number of hydrogen-bond acceptors (Lipinski definition) is 7. The highest BCUT2D eigenvalue weighted by Crippen LogP contribution is 2.30. The summed E-state index contributed by atoms with van der Waals surface area (Å²) < 4.78 is 68.0. The van der Waals surface area contributed by atoms with Crippen LogP contribution in [0.15, 0.2) is 26.8 Å². The van der Waals surface area contributed by atoms with Crippen LogP contribution in [0.25, 0.3) is 0 Å². The molecule has 0 fully saturated rings. The van der Waals surface area contributed by atoms with Crippen molar-refractivity contribution in [3.63, 3.8) is 0 Å². The van der Waals surface area contributed by atoms with E-state index in [-0.39, 0.29) is 0 Å². The molecule has 0 aliphatic carbocycles. The zero-order valence-electron chi connectivity index (χ0n) is 9.14. The molecule has 1 aromatic rings. The Morgan fingerprint density at radius 2 is 1.11 bits per heavy atom. The molecule has 0 radical (unpaired) electrons. The fourth-order valence-corrected chi connectivity index (χ4v) is 4.91. The number of sulfonamides is 3. The van der Waals surface area contributed by atoms with Gasteiger partial charge < -0.3 is 5.73 Å². The first-order valence-electron chi connectivity index (χ1n) is 4.27. The minimum Gasteiger partial charge on any atom is -0.398 e. The first-order chi connectivity index (χ1) is 8.26. The van der Waals surface area contributed by atoms with Crippen molar-refractivity contribution in [2.24, 2.45) is 15.4 Å². The van der Waals surface area contributed by atoms with E-state index in [0.717, 1.165) is 12.1 Å². The van der Waals surface area contributed by atoms with Gasteiger partial charge >= 0.3 is 0 Å². The molecule has 0 bridgehead atoms. The Kier molecular flexibility index (Phi) is 3.66. The van der Waals surface area contributed by atoms with Crippen LogP contribution in [0.4, 0.5) is 5.69 Å². The second-order valence-electron chi connectivity index (χ2n) is 3.45. The summed E-state index contributed by atoms with van der Waals surface area (Å²) in [6.07, 6.45) is 0. The van der Waals surface area contributed by atoms with Gasteiger partial charge in [-0.25, -0.2) is 40.7 Å². The molecule has 0 spiro atoms. The monoisotopic (exact) mass is 330 g/mol. The van der Waals surface area contributed by atoms with E-state index >= 15 is 0 Å². The van der Waals surface area contributed by atoms with Crippen LogP contribution < -0.4 is 21.2 Å². The summed E-state index contributed by atoms with van der Waals surface area (Å²) in [4.78, 5) is -3.37. The lowest BCUT2D eigenvalue weighted by Gasteiger charge is -2.12. The summed E-state index contributed by atoms with van der Waals surface area (Å²) in [5, 5.41) is 14.4. The van der Waals surface area contributed by atoms with E-state index in [2.05, 4.69) is 0 Å². The standard InChI is InChI=1S/C6H10N4O6S3/c7-3-1-2-4(17(8,11)12)6(19(10,15)16)5(3)18(9,13)14/h1-2H,7H2,(H2,8,11,12)(H2,9,13,14)(H2,10,15,16). The summed E-state index contributed by atoms with van der Waals surface area (Å²) in [6.45, 7) is 0. The molecule has 19 heavy (non-hydrogen) atoms. The van der Waals surface area contributed by atoms with Crippen LogP contribution in [0.5, 0.6) is 0 Å². The van der Waals surface area contributed by atoms with Crippen LogP contribution in [0.2, 0.25) is 0 Å². The predicted molar refractivity (Wildman–Crippen MR) is 65.0 cm³/mol. The molecule has 0 atom stereocenters. The maximum Gasteiger partial charge on any atom is 0.241 e. The zero-order chi connectivity index (χ0) is 15.2. The molecule has 0 aliphatic heterocycles. The topological polar surface area (TPSA) is 206 Å². The van der Waals surface area contributed by atoms with Crippen LogP contribution in [0, 0.1) is 0 Å². The Hall–Kier alpha value is -1.25. The molecule has 0 unspecified atom stereocenters. The van der Waals surface area contributed by atoms with E-state index in [1.807, 2.05) is 0 Å². The van der Waals surface area contributed by atoms with E-state index in [0.29, 0.717) is 0 Å². The van der Waals surface area contributed by atoms with Crippen molar-refractivity contribution >= 4 is 35.8 Å². The van der Waals surface area contributed by atoms with Gasteiger partial charge in [0.05, 0.1) is 5.69 Å². The molecular weight excluding hydrogens is 320 g/mol. The van der Waals surface area contributed by atoms with Crippen molar-refractivity contribution < 1.29 is 25.3 Å². The number of nitrogen functional groups attached to an aromatic ring is 1. The number of anilines is 1. The average Bonchev–Trinajstić information content (AvgIpc) is 2.11. The third-order valence-electron chi connectivity index (χ3n) is 1.98. The Morgan fingerprint density at radius 1 is 0.684 bits per heavy atom. The second-order valence-corrected chi connectivity index (χ2v) is 7.97. The zero-order valence-corrected chi connectivity index (χ0v) is 11.6.